The van der Waals surface area contributed by atoms with Gasteiger partial charge in [0.15, 0.2) is 0 Å². The van der Waals surface area contributed by atoms with Crippen LogP contribution in [0.25, 0.3) is 208 Å². The molecule has 0 nitrogen and oxygen atoms in total. The first kappa shape index (κ1) is 58.9. The summed E-state index contributed by atoms with van der Waals surface area (Å²) in [6, 6.07) is 143. The van der Waals surface area contributed by atoms with Gasteiger partial charge in [0.25, 0.3) is 0 Å². The average Bonchev–Trinajstić information content (AvgIpc) is 0.707. The molecule has 0 unspecified atom stereocenters. The highest BCUT2D eigenvalue weighted by atomic mass is 14.3. The van der Waals surface area contributed by atoms with Gasteiger partial charge >= 0.3 is 0 Å². The maximum atomic E-state index is 2.47. The van der Waals surface area contributed by atoms with E-state index < -0.39 is 0 Å². The van der Waals surface area contributed by atoms with Crippen LogP contribution in [0.5, 0.6) is 0 Å². The van der Waals surface area contributed by atoms with Crippen LogP contribution in [0.1, 0.15) is 0 Å². The van der Waals surface area contributed by atoms with Crippen molar-refractivity contribution in [2.75, 3.05) is 0 Å². The predicted molar refractivity (Wildman–Crippen MR) is 439 cm³/mol. The molecule has 0 bridgehead atoms. The van der Waals surface area contributed by atoms with Gasteiger partial charge in [-0.2, -0.15) is 0 Å². The fraction of sp³-hybridized carbons (Fsp3) is 0. The van der Waals surface area contributed by atoms with Crippen molar-refractivity contribution < 1.29 is 0 Å². The van der Waals surface area contributed by atoms with Gasteiger partial charge in [-0.1, -0.05) is 346 Å². The number of hydrogen-bond acceptors (Lipinski definition) is 0. The normalized spacial score (nSPS) is 11.7. The molecule has 0 saturated carbocycles. The molecule has 21 aromatic carbocycles. The van der Waals surface area contributed by atoms with E-state index in [9.17, 15) is 0 Å². The molecular weight excluding hydrogens is 1230 g/mol. The van der Waals surface area contributed by atoms with E-state index in [2.05, 4.69) is 388 Å². The largest absolute Gasteiger partial charge is 0.0622 e. The van der Waals surface area contributed by atoms with Crippen LogP contribution in [0.15, 0.2) is 388 Å². The molecule has 0 aliphatic carbocycles. The highest BCUT2D eigenvalue weighted by Gasteiger charge is 2.25. The second-order valence-electron chi connectivity index (χ2n) is 27.3. The first-order chi connectivity index (χ1) is 50.6. The highest BCUT2D eigenvalue weighted by molar-refractivity contribution is 6.34. The molecule has 0 radical (unpaired) electrons. The summed E-state index contributed by atoms with van der Waals surface area (Å²) >= 11 is 0. The zero-order chi connectivity index (χ0) is 67.2. The van der Waals surface area contributed by atoms with Gasteiger partial charge < -0.3 is 0 Å². The molecule has 21 rings (SSSR count). The number of rotatable bonds is 9. The van der Waals surface area contributed by atoms with E-state index >= 15 is 0 Å². The smallest absolute Gasteiger partial charge is 0.00139 e. The van der Waals surface area contributed by atoms with Crippen LogP contribution in [-0.4, -0.2) is 0 Å². The van der Waals surface area contributed by atoms with Crippen molar-refractivity contribution in [3.05, 3.63) is 388 Å². The minimum Gasteiger partial charge on any atom is -0.0622 e. The molecule has 0 aromatic heterocycles. The first-order valence-corrected chi connectivity index (χ1v) is 35.4. The molecule has 0 spiro atoms. The Morgan fingerprint density at radius 1 is 0.0980 bits per heavy atom. The number of benzene rings is 21. The van der Waals surface area contributed by atoms with Gasteiger partial charge in [0.1, 0.15) is 0 Å². The summed E-state index contributed by atoms with van der Waals surface area (Å²) in [5.74, 6) is 0. The molecule has 21 aromatic rings. The number of hydrogen-bond donors (Lipinski definition) is 0. The lowest BCUT2D eigenvalue weighted by Gasteiger charge is -2.22. The number of fused-ring (bicyclic) bond motifs is 4. The van der Waals surface area contributed by atoms with Gasteiger partial charge in [-0.25, -0.2) is 0 Å². The van der Waals surface area contributed by atoms with Gasteiger partial charge in [0, 0.05) is 0 Å². The molecule has 472 valence electrons. The fourth-order valence-electron chi connectivity index (χ4n) is 16.8. The molecule has 0 fully saturated rings. The maximum absolute atomic E-state index is 2.47. The monoisotopic (exact) mass is 1290 g/mol. The lowest BCUT2D eigenvalue weighted by atomic mass is 9.80. The van der Waals surface area contributed by atoms with Crippen molar-refractivity contribution in [3.8, 4) is 100 Å². The van der Waals surface area contributed by atoms with Crippen molar-refractivity contribution >= 4 is 108 Å². The molecule has 0 atom stereocenters. The summed E-state index contributed by atoms with van der Waals surface area (Å²) in [4.78, 5) is 0. The van der Waals surface area contributed by atoms with Gasteiger partial charge in [-0.15, -0.1) is 0 Å². The van der Waals surface area contributed by atoms with Crippen LogP contribution in [0.2, 0.25) is 0 Å². The van der Waals surface area contributed by atoms with Crippen molar-refractivity contribution in [1.82, 2.24) is 0 Å². The summed E-state index contributed by atoms with van der Waals surface area (Å²) < 4.78 is 0. The third-order valence-corrected chi connectivity index (χ3v) is 21.6. The van der Waals surface area contributed by atoms with E-state index in [1.807, 2.05) is 0 Å². The topological polar surface area (TPSA) is 0 Å². The molecule has 0 saturated heterocycles. The zero-order valence-electron chi connectivity index (χ0n) is 56.0. The van der Waals surface area contributed by atoms with Crippen molar-refractivity contribution in [1.29, 1.82) is 0 Å². The summed E-state index contributed by atoms with van der Waals surface area (Å²) in [5, 5.41) is 25.6. The van der Waals surface area contributed by atoms with Crippen molar-refractivity contribution in [2.24, 2.45) is 0 Å². The molecule has 0 aliphatic rings. The zero-order valence-corrected chi connectivity index (χ0v) is 56.0. The van der Waals surface area contributed by atoms with E-state index in [4.69, 9.17) is 0 Å². The van der Waals surface area contributed by atoms with Gasteiger partial charge in [-0.05, 0) is 250 Å². The third-order valence-electron chi connectivity index (χ3n) is 21.6. The minimum atomic E-state index is 1.22. The Labute approximate surface area is 592 Å². The van der Waals surface area contributed by atoms with Crippen LogP contribution in [0.3, 0.4) is 0 Å². The fourth-order valence-corrected chi connectivity index (χ4v) is 16.8. The van der Waals surface area contributed by atoms with Gasteiger partial charge in [0.2, 0.25) is 0 Å². The van der Waals surface area contributed by atoms with E-state index in [1.165, 1.54) is 208 Å². The summed E-state index contributed by atoms with van der Waals surface area (Å²) in [5.41, 5.74) is 22.4. The highest BCUT2D eigenvalue weighted by Crippen LogP contribution is 2.53. The Kier molecular flexibility index (Phi) is 14.0. The lowest BCUT2D eigenvalue weighted by molar-refractivity contribution is 1.60. The molecule has 0 heteroatoms. The van der Waals surface area contributed by atoms with E-state index in [1.54, 1.807) is 0 Å². The standard InChI is InChI=1S/C54H34.C48H30/c1-3-15-36(16-4-1)41-23-11-12-24-43(41)51-34-52(44-25-13-21-37-19-9-10-22-42(37)44)48-30-28-45-49(38-17-5-2-6-18-38)33-50(46-29-31-47(51)54(48)53(45)46)40-27-26-35-14-7-8-20-39(35)32-40;1-3-13-33(14-4-1)43-29-45(37-21-19-31-11-7-9-17-35(31)27-37)41-26-24-40-44(34-15-5-2-6-16-34)30-46(42-25-23-39(43)47(41)48(40)42)38-22-20-32-12-8-10-18-36(32)28-38/h1-34H;1-30H. The van der Waals surface area contributed by atoms with Crippen LogP contribution in [0.4, 0.5) is 0 Å². The Hall–Kier alpha value is -13.3. The summed E-state index contributed by atoms with van der Waals surface area (Å²) in [7, 11) is 0. The van der Waals surface area contributed by atoms with Crippen molar-refractivity contribution in [3.63, 3.8) is 0 Å². The molecule has 102 heavy (non-hydrogen) atoms. The van der Waals surface area contributed by atoms with Crippen LogP contribution >= 0.6 is 0 Å². The Morgan fingerprint density at radius 3 is 0.716 bits per heavy atom. The second kappa shape index (κ2) is 24.3. The molecule has 0 N–H and O–H groups in total. The first-order valence-electron chi connectivity index (χ1n) is 35.4. The summed E-state index contributed by atoms with van der Waals surface area (Å²) in [6.07, 6.45) is 0. The van der Waals surface area contributed by atoms with E-state index in [-0.39, 0.29) is 0 Å². The SMILES string of the molecule is c1ccc(-c2cc(-c3ccc4ccccc4c3)c3ccc4c(-c5ccccc5)cc(-c5ccc6ccccc6c5)c5ccc2c3c45)cc1.c1ccc(-c2ccccc2-c2cc(-c3cccc4ccccc34)c3ccc4c(-c5ccccc5)cc(-c5ccc6ccccc6c5)c5ccc2c3c45)cc1. The Bertz CT molecular complexity index is 6620. The molecule has 0 aliphatic heterocycles. The van der Waals surface area contributed by atoms with Crippen LogP contribution in [-0.2, 0) is 0 Å². The van der Waals surface area contributed by atoms with Crippen LogP contribution in [0, 0.1) is 0 Å². The Morgan fingerprint density at radius 2 is 0.343 bits per heavy atom. The molecule has 0 heterocycles. The minimum absolute atomic E-state index is 1.22. The van der Waals surface area contributed by atoms with Crippen molar-refractivity contribution in [2.45, 2.75) is 0 Å². The molecular formula is C102H64. The van der Waals surface area contributed by atoms with E-state index in [0.717, 1.165) is 0 Å². The predicted octanol–water partition coefficient (Wildman–Crippen LogP) is 28.8. The maximum Gasteiger partial charge on any atom is -0.00139 e. The average molecular weight is 1290 g/mol. The lowest BCUT2D eigenvalue weighted by Crippen LogP contribution is -1.95. The van der Waals surface area contributed by atoms with E-state index in [0.29, 0.717) is 0 Å². The van der Waals surface area contributed by atoms with Gasteiger partial charge in [0.05, 0.1) is 0 Å². The molecule has 0 amide bonds. The quantitative estimate of drug-likeness (QED) is 0.126. The summed E-state index contributed by atoms with van der Waals surface area (Å²) in [6.45, 7) is 0. The Balaban J connectivity index is 0.000000138. The third kappa shape index (κ3) is 9.83. The van der Waals surface area contributed by atoms with Gasteiger partial charge in [-0.3, -0.25) is 0 Å². The van der Waals surface area contributed by atoms with Crippen LogP contribution < -0.4 is 0 Å². The second-order valence-corrected chi connectivity index (χ2v) is 27.3.